The Labute approximate surface area is 141 Å². The summed E-state index contributed by atoms with van der Waals surface area (Å²) < 4.78 is 1.80. The molecule has 1 aromatic carbocycles. The van der Waals surface area contributed by atoms with Gasteiger partial charge in [0, 0.05) is 11.3 Å². The summed E-state index contributed by atoms with van der Waals surface area (Å²) in [6.45, 7) is 5.87. The molecule has 0 unspecified atom stereocenters. The van der Waals surface area contributed by atoms with E-state index in [-0.39, 0.29) is 5.91 Å². The number of nitrogens with one attached hydrogen (secondary N) is 1. The van der Waals surface area contributed by atoms with Crippen molar-refractivity contribution in [1.29, 1.82) is 0 Å². The van der Waals surface area contributed by atoms with E-state index >= 15 is 0 Å². The smallest absolute Gasteiger partial charge is 0.326 e. The molecule has 1 atom stereocenters. The molecular formula is C18H23N3O3. The van der Waals surface area contributed by atoms with Crippen LogP contribution < -0.4 is 5.32 Å². The monoisotopic (exact) mass is 329 g/mol. The third kappa shape index (κ3) is 4.22. The average molecular weight is 329 g/mol. The summed E-state index contributed by atoms with van der Waals surface area (Å²) in [5, 5.41) is 16.2. The quantitative estimate of drug-likeness (QED) is 0.818. The topological polar surface area (TPSA) is 84.2 Å². The molecule has 6 nitrogen and oxygen atoms in total. The third-order valence-electron chi connectivity index (χ3n) is 3.83. The van der Waals surface area contributed by atoms with Crippen LogP contribution in [0.5, 0.6) is 0 Å². The lowest BCUT2D eigenvalue weighted by atomic mass is 10.1. The van der Waals surface area contributed by atoms with Crippen LogP contribution in [0.4, 0.5) is 0 Å². The Hall–Kier alpha value is -2.63. The van der Waals surface area contributed by atoms with Crippen LogP contribution in [0.25, 0.3) is 5.69 Å². The summed E-state index contributed by atoms with van der Waals surface area (Å²) in [6, 6.07) is 8.09. The average Bonchev–Trinajstić information content (AvgIpc) is 2.89. The van der Waals surface area contributed by atoms with Gasteiger partial charge in [-0.15, -0.1) is 0 Å². The molecule has 24 heavy (non-hydrogen) atoms. The predicted molar refractivity (Wildman–Crippen MR) is 91.5 cm³/mol. The highest BCUT2D eigenvalue weighted by molar-refractivity contribution is 5.96. The Morgan fingerprint density at radius 3 is 2.42 bits per heavy atom. The Balaban J connectivity index is 2.10. The standard InChI is InChI=1S/C18H23N3O3/c1-4-5-6-16(18(23)24)19-17(22)14-7-9-15(10-8-14)21-13(3)11-12(2)20-21/h7-11,16H,4-6H2,1-3H3,(H,19,22)(H,23,24)/t16-/m0/s1. The number of carboxylic acid groups (broad SMARTS) is 1. The first-order valence-corrected chi connectivity index (χ1v) is 8.09. The van der Waals surface area contributed by atoms with Crippen molar-refractivity contribution in [2.24, 2.45) is 0 Å². The Morgan fingerprint density at radius 2 is 1.92 bits per heavy atom. The molecular weight excluding hydrogens is 306 g/mol. The lowest BCUT2D eigenvalue weighted by molar-refractivity contribution is -0.139. The van der Waals surface area contributed by atoms with Gasteiger partial charge in [0.1, 0.15) is 6.04 Å². The number of benzene rings is 1. The summed E-state index contributed by atoms with van der Waals surface area (Å²) >= 11 is 0. The summed E-state index contributed by atoms with van der Waals surface area (Å²) in [7, 11) is 0. The number of rotatable bonds is 7. The summed E-state index contributed by atoms with van der Waals surface area (Å²) in [5.74, 6) is -1.38. The molecule has 2 N–H and O–H groups in total. The fourth-order valence-electron chi connectivity index (χ4n) is 2.55. The summed E-state index contributed by atoms with van der Waals surface area (Å²) in [6.07, 6.45) is 2.08. The minimum absolute atomic E-state index is 0.376. The molecule has 1 amide bonds. The molecule has 1 aromatic heterocycles. The lowest BCUT2D eigenvalue weighted by Gasteiger charge is -2.14. The fourth-order valence-corrected chi connectivity index (χ4v) is 2.55. The zero-order valence-electron chi connectivity index (χ0n) is 14.2. The second-order valence-electron chi connectivity index (χ2n) is 5.89. The molecule has 0 saturated carbocycles. The lowest BCUT2D eigenvalue weighted by Crippen LogP contribution is -2.40. The number of aryl methyl sites for hydroxylation is 2. The van der Waals surface area contributed by atoms with Crippen LogP contribution in [0, 0.1) is 13.8 Å². The van der Waals surface area contributed by atoms with Gasteiger partial charge in [0.15, 0.2) is 0 Å². The number of aliphatic carboxylic acids is 1. The van der Waals surface area contributed by atoms with E-state index in [9.17, 15) is 14.7 Å². The molecule has 0 spiro atoms. The Kier molecular flexibility index (Phi) is 5.73. The van der Waals surface area contributed by atoms with Gasteiger partial charge in [-0.25, -0.2) is 9.48 Å². The molecule has 0 saturated heterocycles. The second kappa shape index (κ2) is 7.77. The maximum absolute atomic E-state index is 12.2. The Morgan fingerprint density at radius 1 is 1.25 bits per heavy atom. The van der Waals surface area contributed by atoms with Crippen molar-refractivity contribution in [1.82, 2.24) is 15.1 Å². The molecule has 0 bridgehead atoms. The van der Waals surface area contributed by atoms with Crippen LogP contribution >= 0.6 is 0 Å². The number of nitrogens with zero attached hydrogens (tertiary/aromatic N) is 2. The van der Waals surface area contributed by atoms with Crippen molar-refractivity contribution in [2.45, 2.75) is 46.1 Å². The molecule has 128 valence electrons. The van der Waals surface area contributed by atoms with Crippen LogP contribution in [-0.4, -0.2) is 32.8 Å². The van der Waals surface area contributed by atoms with Crippen LogP contribution in [0.3, 0.4) is 0 Å². The first-order chi connectivity index (χ1) is 11.4. The van der Waals surface area contributed by atoms with E-state index in [0.717, 1.165) is 29.9 Å². The van der Waals surface area contributed by atoms with Crippen molar-refractivity contribution < 1.29 is 14.7 Å². The molecule has 0 aliphatic rings. The highest BCUT2D eigenvalue weighted by Crippen LogP contribution is 2.13. The van der Waals surface area contributed by atoms with Gasteiger partial charge in [-0.2, -0.15) is 5.10 Å². The first-order valence-electron chi connectivity index (χ1n) is 8.09. The fraction of sp³-hybridized carbons (Fsp3) is 0.389. The van der Waals surface area contributed by atoms with Gasteiger partial charge in [-0.05, 0) is 50.6 Å². The number of hydrogen-bond donors (Lipinski definition) is 2. The van der Waals surface area contributed by atoms with Crippen molar-refractivity contribution in [3.63, 3.8) is 0 Å². The molecule has 0 radical (unpaired) electrons. The molecule has 2 rings (SSSR count). The zero-order chi connectivity index (χ0) is 17.7. The first kappa shape index (κ1) is 17.7. The number of hydrogen-bond acceptors (Lipinski definition) is 3. The van der Waals surface area contributed by atoms with Gasteiger partial charge >= 0.3 is 5.97 Å². The van der Waals surface area contributed by atoms with E-state index in [1.807, 2.05) is 26.8 Å². The van der Waals surface area contributed by atoms with E-state index in [4.69, 9.17) is 0 Å². The van der Waals surface area contributed by atoms with Gasteiger partial charge in [-0.1, -0.05) is 19.8 Å². The van der Waals surface area contributed by atoms with Crippen molar-refractivity contribution in [3.05, 3.63) is 47.3 Å². The van der Waals surface area contributed by atoms with E-state index in [1.165, 1.54) is 0 Å². The molecule has 6 heteroatoms. The van der Waals surface area contributed by atoms with E-state index in [2.05, 4.69) is 10.4 Å². The second-order valence-corrected chi connectivity index (χ2v) is 5.89. The third-order valence-corrected chi connectivity index (χ3v) is 3.83. The molecule has 2 aromatic rings. The molecule has 0 fully saturated rings. The van der Waals surface area contributed by atoms with Gasteiger partial charge in [-0.3, -0.25) is 4.79 Å². The number of carbonyl (C=O) groups is 2. The molecule has 0 aliphatic carbocycles. The van der Waals surface area contributed by atoms with Crippen LogP contribution in [0.2, 0.25) is 0 Å². The summed E-state index contributed by atoms with van der Waals surface area (Å²) in [5.41, 5.74) is 3.23. The molecule has 1 heterocycles. The van der Waals surface area contributed by atoms with Crippen LogP contribution in [-0.2, 0) is 4.79 Å². The normalized spacial score (nSPS) is 12.0. The summed E-state index contributed by atoms with van der Waals surface area (Å²) in [4.78, 5) is 23.5. The minimum atomic E-state index is -1.00. The number of amides is 1. The predicted octanol–water partition coefficient (Wildman–Crippen LogP) is 2.86. The maximum atomic E-state index is 12.2. The number of unbranched alkanes of at least 4 members (excludes halogenated alkanes) is 1. The van der Waals surface area contributed by atoms with E-state index in [0.29, 0.717) is 12.0 Å². The van der Waals surface area contributed by atoms with Crippen molar-refractivity contribution >= 4 is 11.9 Å². The minimum Gasteiger partial charge on any atom is -0.480 e. The number of carbonyl (C=O) groups excluding carboxylic acids is 1. The van der Waals surface area contributed by atoms with Gasteiger partial charge in [0.25, 0.3) is 5.91 Å². The largest absolute Gasteiger partial charge is 0.480 e. The number of carboxylic acids is 1. The molecule has 0 aliphatic heterocycles. The SMILES string of the molecule is CCCC[C@H](NC(=O)c1ccc(-n2nc(C)cc2C)cc1)C(=O)O. The van der Waals surface area contributed by atoms with E-state index in [1.54, 1.807) is 28.9 Å². The van der Waals surface area contributed by atoms with Crippen LogP contribution in [0.15, 0.2) is 30.3 Å². The highest BCUT2D eigenvalue weighted by atomic mass is 16.4. The van der Waals surface area contributed by atoms with Crippen molar-refractivity contribution in [2.75, 3.05) is 0 Å². The Bertz CT molecular complexity index is 720. The zero-order valence-corrected chi connectivity index (χ0v) is 14.2. The van der Waals surface area contributed by atoms with Gasteiger partial charge in [0.2, 0.25) is 0 Å². The van der Waals surface area contributed by atoms with Gasteiger partial charge < -0.3 is 10.4 Å². The van der Waals surface area contributed by atoms with Crippen LogP contribution in [0.1, 0.15) is 47.9 Å². The van der Waals surface area contributed by atoms with Gasteiger partial charge in [0.05, 0.1) is 11.4 Å². The highest BCUT2D eigenvalue weighted by Gasteiger charge is 2.20. The maximum Gasteiger partial charge on any atom is 0.326 e. The van der Waals surface area contributed by atoms with E-state index < -0.39 is 12.0 Å². The number of aromatic nitrogens is 2. The van der Waals surface area contributed by atoms with Crippen molar-refractivity contribution in [3.8, 4) is 5.69 Å².